The molecular formula is C15H24ClNO2. The summed E-state index contributed by atoms with van der Waals surface area (Å²) in [4.78, 5) is 0. The highest BCUT2D eigenvalue weighted by Gasteiger charge is 2.49. The van der Waals surface area contributed by atoms with Gasteiger partial charge in [-0.2, -0.15) is 0 Å². The van der Waals surface area contributed by atoms with Crippen LogP contribution in [0, 0.1) is 5.41 Å². The molecule has 2 rings (SSSR count). The molecule has 0 heterocycles. The molecule has 1 aliphatic rings. The molecule has 2 atom stereocenters. The van der Waals surface area contributed by atoms with Gasteiger partial charge in [0, 0.05) is 12.0 Å². The number of benzene rings is 1. The summed E-state index contributed by atoms with van der Waals surface area (Å²) in [5, 5.41) is 24.0. The zero-order chi connectivity index (χ0) is 13.2. The Morgan fingerprint density at radius 1 is 1.26 bits per heavy atom. The fourth-order valence-corrected chi connectivity index (χ4v) is 3.29. The highest BCUT2D eigenvalue weighted by atomic mass is 35.5. The van der Waals surface area contributed by atoms with Crippen LogP contribution < -0.4 is 5.32 Å². The predicted octanol–water partition coefficient (Wildman–Crippen LogP) is 2.80. The second-order valence-electron chi connectivity index (χ2n) is 5.71. The second kappa shape index (κ2) is 6.12. The van der Waals surface area contributed by atoms with Gasteiger partial charge in [0.05, 0.1) is 5.60 Å². The fraction of sp³-hybridized carbons (Fsp3) is 0.600. The summed E-state index contributed by atoms with van der Waals surface area (Å²) < 4.78 is 0. The van der Waals surface area contributed by atoms with E-state index in [0.29, 0.717) is 0 Å². The van der Waals surface area contributed by atoms with E-state index in [1.165, 1.54) is 0 Å². The average molecular weight is 286 g/mol. The fourth-order valence-electron chi connectivity index (χ4n) is 3.29. The second-order valence-corrected chi connectivity index (χ2v) is 5.71. The third-order valence-corrected chi connectivity index (χ3v) is 4.41. The molecule has 0 bridgehead atoms. The van der Waals surface area contributed by atoms with Crippen molar-refractivity contribution in [2.24, 2.45) is 5.41 Å². The lowest BCUT2D eigenvalue weighted by atomic mass is 9.61. The largest absolute Gasteiger partial charge is 0.508 e. The number of hydrogen-bond acceptors (Lipinski definition) is 3. The van der Waals surface area contributed by atoms with Crippen molar-refractivity contribution >= 4 is 12.4 Å². The Kier molecular flexibility index (Phi) is 5.25. The molecule has 1 aromatic rings. The minimum atomic E-state index is -0.854. The number of phenols is 1. The molecule has 1 fully saturated rings. The van der Waals surface area contributed by atoms with Crippen LogP contribution in [0.3, 0.4) is 0 Å². The third kappa shape index (κ3) is 2.88. The molecule has 0 aliphatic heterocycles. The topological polar surface area (TPSA) is 52.5 Å². The number of hydrogen-bond donors (Lipinski definition) is 3. The van der Waals surface area contributed by atoms with E-state index in [4.69, 9.17) is 0 Å². The Labute approximate surface area is 121 Å². The van der Waals surface area contributed by atoms with Crippen LogP contribution in [-0.2, 0) is 5.60 Å². The van der Waals surface area contributed by atoms with Crippen LogP contribution in [0.4, 0.5) is 0 Å². The zero-order valence-electron chi connectivity index (χ0n) is 11.6. The normalized spacial score (nSPS) is 30.7. The first-order valence-electron chi connectivity index (χ1n) is 6.68. The molecule has 3 N–H and O–H groups in total. The van der Waals surface area contributed by atoms with Gasteiger partial charge in [0.25, 0.3) is 0 Å². The number of phenolic OH excluding ortho intramolecular Hbond substituents is 1. The first-order chi connectivity index (χ1) is 8.52. The summed E-state index contributed by atoms with van der Waals surface area (Å²) in [7, 11) is 1.92. The Hall–Kier alpha value is -0.770. The first kappa shape index (κ1) is 16.3. The highest BCUT2D eigenvalue weighted by molar-refractivity contribution is 5.85. The van der Waals surface area contributed by atoms with Crippen molar-refractivity contribution in [2.75, 3.05) is 13.6 Å². The number of aromatic hydroxyl groups is 1. The lowest BCUT2D eigenvalue weighted by molar-refractivity contribution is -0.111. The van der Waals surface area contributed by atoms with Gasteiger partial charge in [-0.15, -0.1) is 12.4 Å². The van der Waals surface area contributed by atoms with Gasteiger partial charge < -0.3 is 15.5 Å². The predicted molar refractivity (Wildman–Crippen MR) is 79.8 cm³/mol. The maximum Gasteiger partial charge on any atom is 0.115 e. The van der Waals surface area contributed by atoms with E-state index in [0.717, 1.165) is 37.8 Å². The molecular weight excluding hydrogens is 262 g/mol. The van der Waals surface area contributed by atoms with Crippen LogP contribution in [0.5, 0.6) is 5.75 Å². The van der Waals surface area contributed by atoms with Crippen LogP contribution in [0.2, 0.25) is 0 Å². The molecule has 0 spiro atoms. The number of halogens is 1. The van der Waals surface area contributed by atoms with E-state index in [9.17, 15) is 10.2 Å². The minimum absolute atomic E-state index is 0. The standard InChI is InChI=1S/C15H23NO2.ClH/c1-14(11-16-2)8-3-4-9-15(14,18)12-6-5-7-13(17)10-12;/h5-7,10,16-18H,3-4,8-9,11H2,1-2H3;1H/t14-,15+;/m1./s1. The Bertz CT molecular complexity index is 422. The summed E-state index contributed by atoms with van der Waals surface area (Å²) in [6.07, 6.45) is 3.94. The summed E-state index contributed by atoms with van der Waals surface area (Å²) in [6, 6.07) is 7.06. The molecule has 0 amide bonds. The smallest absolute Gasteiger partial charge is 0.115 e. The van der Waals surface area contributed by atoms with Crippen LogP contribution in [0.1, 0.15) is 38.2 Å². The van der Waals surface area contributed by atoms with Crippen molar-refractivity contribution in [1.29, 1.82) is 0 Å². The van der Waals surface area contributed by atoms with E-state index >= 15 is 0 Å². The van der Waals surface area contributed by atoms with E-state index in [-0.39, 0.29) is 23.6 Å². The number of aliphatic hydroxyl groups is 1. The maximum atomic E-state index is 11.2. The highest BCUT2D eigenvalue weighted by Crippen LogP contribution is 2.50. The summed E-state index contributed by atoms with van der Waals surface area (Å²) in [6.45, 7) is 2.91. The number of rotatable bonds is 3. The first-order valence-corrected chi connectivity index (χ1v) is 6.68. The molecule has 0 unspecified atom stereocenters. The lowest BCUT2D eigenvalue weighted by Crippen LogP contribution is -2.51. The van der Waals surface area contributed by atoms with Gasteiger partial charge in [-0.3, -0.25) is 0 Å². The van der Waals surface area contributed by atoms with Crippen molar-refractivity contribution in [3.8, 4) is 5.75 Å². The van der Waals surface area contributed by atoms with Crippen LogP contribution in [0.25, 0.3) is 0 Å². The van der Waals surface area contributed by atoms with Gasteiger partial charge in [0.1, 0.15) is 5.75 Å². The third-order valence-electron chi connectivity index (χ3n) is 4.41. The van der Waals surface area contributed by atoms with Crippen molar-refractivity contribution in [3.63, 3.8) is 0 Å². The molecule has 108 valence electrons. The van der Waals surface area contributed by atoms with Crippen LogP contribution >= 0.6 is 12.4 Å². The van der Waals surface area contributed by atoms with E-state index in [2.05, 4.69) is 12.2 Å². The summed E-state index contributed by atoms with van der Waals surface area (Å²) in [5.74, 6) is 0.221. The Morgan fingerprint density at radius 2 is 1.95 bits per heavy atom. The van der Waals surface area contributed by atoms with Gasteiger partial charge in [-0.1, -0.05) is 31.9 Å². The minimum Gasteiger partial charge on any atom is -0.508 e. The van der Waals surface area contributed by atoms with Gasteiger partial charge in [-0.05, 0) is 37.6 Å². The summed E-state index contributed by atoms with van der Waals surface area (Å²) in [5.41, 5.74) is -0.208. The van der Waals surface area contributed by atoms with E-state index in [1.54, 1.807) is 18.2 Å². The van der Waals surface area contributed by atoms with Crippen LogP contribution in [0.15, 0.2) is 24.3 Å². The lowest BCUT2D eigenvalue weighted by Gasteiger charge is -2.49. The molecule has 1 aromatic carbocycles. The van der Waals surface area contributed by atoms with E-state index in [1.807, 2.05) is 13.1 Å². The van der Waals surface area contributed by atoms with Crippen molar-refractivity contribution in [3.05, 3.63) is 29.8 Å². The number of nitrogens with one attached hydrogen (secondary N) is 1. The van der Waals surface area contributed by atoms with Gasteiger partial charge in [-0.25, -0.2) is 0 Å². The molecule has 4 heteroatoms. The van der Waals surface area contributed by atoms with Crippen molar-refractivity contribution in [1.82, 2.24) is 5.32 Å². The summed E-state index contributed by atoms with van der Waals surface area (Å²) >= 11 is 0. The molecule has 0 saturated heterocycles. The Morgan fingerprint density at radius 3 is 2.58 bits per heavy atom. The Balaban J connectivity index is 0.00000180. The van der Waals surface area contributed by atoms with Crippen molar-refractivity contribution in [2.45, 2.75) is 38.2 Å². The zero-order valence-corrected chi connectivity index (χ0v) is 12.5. The molecule has 19 heavy (non-hydrogen) atoms. The SMILES string of the molecule is CNC[C@@]1(C)CCCC[C@]1(O)c1cccc(O)c1.Cl. The van der Waals surface area contributed by atoms with Gasteiger partial charge in [0.15, 0.2) is 0 Å². The van der Waals surface area contributed by atoms with Gasteiger partial charge in [0.2, 0.25) is 0 Å². The molecule has 0 radical (unpaired) electrons. The monoisotopic (exact) mass is 285 g/mol. The average Bonchev–Trinajstić information content (AvgIpc) is 2.34. The molecule has 3 nitrogen and oxygen atoms in total. The van der Waals surface area contributed by atoms with Crippen molar-refractivity contribution < 1.29 is 10.2 Å². The molecule has 1 saturated carbocycles. The van der Waals surface area contributed by atoms with Gasteiger partial charge >= 0.3 is 0 Å². The molecule has 0 aromatic heterocycles. The maximum absolute atomic E-state index is 11.2. The van der Waals surface area contributed by atoms with E-state index < -0.39 is 5.60 Å². The van der Waals surface area contributed by atoms with Crippen LogP contribution in [-0.4, -0.2) is 23.8 Å². The quantitative estimate of drug-likeness (QED) is 0.800. The molecule has 1 aliphatic carbocycles.